The molecular formula is C28H18Cl3N11O10S3. The van der Waals surface area contributed by atoms with Gasteiger partial charge in [0.1, 0.15) is 16.3 Å². The predicted molar refractivity (Wildman–Crippen MR) is 197 cm³/mol. The zero-order chi connectivity index (χ0) is 39.5. The fraction of sp³-hybridized carbons (Fsp3) is 0. The number of nitrogens with zero attached hydrogens (tertiary/aromatic N) is 8. The Hall–Kier alpha value is -5.12. The third-order valence-corrected chi connectivity index (χ3v) is 9.67. The first kappa shape index (κ1) is 39.6. The molecule has 0 radical (unpaired) electrons. The third kappa shape index (κ3) is 9.96. The topological polar surface area (TPSA) is 306 Å². The molecule has 27 heteroatoms. The number of rotatable bonds is 13. The molecule has 0 unspecified atom stereocenters. The van der Waals surface area contributed by atoms with E-state index in [1.54, 1.807) is 12.1 Å². The molecule has 55 heavy (non-hydrogen) atoms. The Morgan fingerprint density at radius 3 is 1.87 bits per heavy atom. The second-order valence-electron chi connectivity index (χ2n) is 10.4. The Morgan fingerprint density at radius 2 is 1.25 bits per heavy atom. The first-order valence-corrected chi connectivity index (χ1v) is 19.2. The van der Waals surface area contributed by atoms with Crippen molar-refractivity contribution in [2.75, 3.05) is 16.0 Å². The van der Waals surface area contributed by atoms with Crippen LogP contribution in [0.15, 0.2) is 91.6 Å². The van der Waals surface area contributed by atoms with E-state index in [4.69, 9.17) is 40.1 Å². The lowest BCUT2D eigenvalue weighted by Gasteiger charge is -2.12. The summed E-state index contributed by atoms with van der Waals surface area (Å²) < 4.78 is 71.6. The molecular weight excluding hydrogens is 853 g/mol. The van der Waals surface area contributed by atoms with E-state index in [0.29, 0.717) is 23.1 Å². The van der Waals surface area contributed by atoms with Crippen molar-refractivity contribution >= 4 is 124 Å². The van der Waals surface area contributed by atoms with E-state index in [0.717, 1.165) is 18.2 Å². The maximum Gasteiger partial charge on any atom is 0.296 e. The monoisotopic (exact) mass is 869 g/mol. The maximum atomic E-state index is 12.3. The molecule has 0 bridgehead atoms. The summed E-state index contributed by atoms with van der Waals surface area (Å²) in [6, 6.07) is 14.5. The van der Waals surface area contributed by atoms with Gasteiger partial charge in [-0.05, 0) is 101 Å². The van der Waals surface area contributed by atoms with Crippen LogP contribution in [0.4, 0.5) is 46.3 Å². The van der Waals surface area contributed by atoms with Crippen LogP contribution in [0.1, 0.15) is 0 Å². The first-order chi connectivity index (χ1) is 26.0. The van der Waals surface area contributed by atoms with Crippen LogP contribution in [0.5, 0.6) is 5.75 Å². The van der Waals surface area contributed by atoms with E-state index in [-0.39, 0.29) is 61.0 Å². The molecule has 0 saturated heterocycles. The minimum absolute atomic E-state index is 0.0101. The van der Waals surface area contributed by atoms with Crippen molar-refractivity contribution < 1.29 is 45.7 Å². The number of halogens is 3. The molecule has 0 aliphatic carbocycles. The van der Waals surface area contributed by atoms with Gasteiger partial charge in [0.2, 0.25) is 33.7 Å². The van der Waals surface area contributed by atoms with E-state index in [2.05, 4.69) is 65.5 Å². The van der Waals surface area contributed by atoms with Gasteiger partial charge >= 0.3 is 0 Å². The van der Waals surface area contributed by atoms with Crippen molar-refractivity contribution in [2.45, 2.75) is 14.7 Å². The van der Waals surface area contributed by atoms with Crippen molar-refractivity contribution in [3.05, 3.63) is 82.6 Å². The SMILES string of the molecule is O=S(=O)(O)c1cccc(Nc2nc(Cl)nc(Nc3ccc(S(=O)(=O)O)c(N=Nc4c(SOOO)cc5cc(Nc6nc(Cl)nc(Cl)n6)ccc5c4O)c3)n2)c1. The molecule has 2 aromatic heterocycles. The Bertz CT molecular complexity index is 2700. The summed E-state index contributed by atoms with van der Waals surface area (Å²) in [6.45, 7) is 0. The van der Waals surface area contributed by atoms with E-state index in [9.17, 15) is 31.0 Å². The first-order valence-electron chi connectivity index (χ1n) is 14.4. The lowest BCUT2D eigenvalue weighted by atomic mass is 10.1. The summed E-state index contributed by atoms with van der Waals surface area (Å²) in [7, 11) is -9.40. The van der Waals surface area contributed by atoms with E-state index < -0.39 is 41.5 Å². The van der Waals surface area contributed by atoms with Gasteiger partial charge in [-0.15, -0.1) is 14.6 Å². The molecule has 0 spiro atoms. The van der Waals surface area contributed by atoms with Gasteiger partial charge in [0.25, 0.3) is 20.2 Å². The van der Waals surface area contributed by atoms with E-state index in [1.165, 1.54) is 36.4 Å². The normalized spacial score (nSPS) is 12.0. The van der Waals surface area contributed by atoms with Crippen molar-refractivity contribution in [2.24, 2.45) is 10.2 Å². The van der Waals surface area contributed by atoms with Crippen LogP contribution in [-0.4, -0.2) is 66.2 Å². The molecule has 6 aromatic rings. The van der Waals surface area contributed by atoms with Crippen molar-refractivity contribution in [1.82, 2.24) is 29.9 Å². The molecule has 0 amide bonds. The fourth-order valence-corrected chi connectivity index (χ4v) is 6.75. The highest BCUT2D eigenvalue weighted by Crippen LogP contribution is 2.45. The number of hydrogen-bond acceptors (Lipinski definition) is 20. The summed E-state index contributed by atoms with van der Waals surface area (Å²) in [5.41, 5.74) is -0.0221. The zero-order valence-corrected chi connectivity index (χ0v) is 31.2. The van der Waals surface area contributed by atoms with Crippen LogP contribution in [0, 0.1) is 0 Å². The number of nitrogens with one attached hydrogen (secondary N) is 3. The molecule has 7 N–H and O–H groups in total. The predicted octanol–water partition coefficient (Wildman–Crippen LogP) is 7.44. The molecule has 6 rings (SSSR count). The molecule has 4 aromatic carbocycles. The summed E-state index contributed by atoms with van der Waals surface area (Å²) in [4.78, 5) is 22.5. The largest absolute Gasteiger partial charge is 0.505 e. The average molecular weight is 871 g/mol. The highest BCUT2D eigenvalue weighted by molar-refractivity contribution is 7.94. The Balaban J connectivity index is 1.33. The van der Waals surface area contributed by atoms with Crippen LogP contribution in [0.25, 0.3) is 10.8 Å². The number of phenolic OH excluding ortho intramolecular Hbond substituents is 1. The highest BCUT2D eigenvalue weighted by Gasteiger charge is 2.20. The van der Waals surface area contributed by atoms with Crippen molar-refractivity contribution in [3.63, 3.8) is 0 Å². The van der Waals surface area contributed by atoms with Crippen LogP contribution in [0.2, 0.25) is 15.9 Å². The number of fused-ring (bicyclic) bond motifs is 1. The Kier molecular flexibility index (Phi) is 11.7. The minimum atomic E-state index is -4.89. The van der Waals surface area contributed by atoms with Gasteiger partial charge in [0.15, 0.2) is 5.75 Å². The average Bonchev–Trinajstić information content (AvgIpc) is 3.09. The van der Waals surface area contributed by atoms with Crippen molar-refractivity contribution in [1.29, 1.82) is 0 Å². The smallest absolute Gasteiger partial charge is 0.296 e. The van der Waals surface area contributed by atoms with Crippen LogP contribution < -0.4 is 16.0 Å². The van der Waals surface area contributed by atoms with Gasteiger partial charge < -0.3 is 21.1 Å². The molecule has 0 saturated carbocycles. The number of benzene rings is 4. The molecule has 2 heterocycles. The van der Waals surface area contributed by atoms with E-state index >= 15 is 0 Å². The molecule has 0 atom stereocenters. The number of azo groups is 1. The summed E-state index contributed by atoms with van der Waals surface area (Å²) in [5.74, 6) is -0.777. The standard InChI is InChI=1S/C28H18Cl3N11O10S3/c29-23-35-24(30)37-26(36-23)33-14-4-6-17-12(8-14)9-19(53-52-51-44)21(22(17)43)42-41-18-11-15(5-7-20(18)55(48,49)50)34-28-39-25(31)38-27(40-28)32-13-2-1-3-16(10-13)54(45,46)47/h1-11,43-44H,(H,45,46,47)(H,48,49,50)(H,33,35,36,37)(H2,32,34,38,39,40). The van der Waals surface area contributed by atoms with Crippen LogP contribution in [0.3, 0.4) is 0 Å². The maximum absolute atomic E-state index is 12.3. The second-order valence-corrected chi connectivity index (χ2v) is 15.0. The number of aromatic nitrogens is 6. The van der Waals surface area contributed by atoms with Gasteiger partial charge in [0, 0.05) is 22.4 Å². The third-order valence-electron chi connectivity index (χ3n) is 6.79. The molecule has 0 fully saturated rings. The lowest BCUT2D eigenvalue weighted by molar-refractivity contribution is -0.432. The van der Waals surface area contributed by atoms with Crippen LogP contribution in [-0.2, 0) is 29.6 Å². The Labute approximate surface area is 327 Å². The Morgan fingerprint density at radius 1 is 0.673 bits per heavy atom. The fourth-order valence-electron chi connectivity index (χ4n) is 4.60. The summed E-state index contributed by atoms with van der Waals surface area (Å²) >= 11 is 18.2. The number of hydrogen-bond donors (Lipinski definition) is 7. The van der Waals surface area contributed by atoms with Gasteiger partial charge in [-0.1, -0.05) is 11.1 Å². The van der Waals surface area contributed by atoms with Gasteiger partial charge in [-0.3, -0.25) is 9.11 Å². The number of phenols is 1. The van der Waals surface area contributed by atoms with E-state index in [1.807, 2.05) is 0 Å². The highest BCUT2D eigenvalue weighted by atomic mass is 35.5. The molecule has 0 aliphatic heterocycles. The van der Waals surface area contributed by atoms with Crippen LogP contribution >= 0.6 is 46.8 Å². The van der Waals surface area contributed by atoms with Gasteiger partial charge in [-0.25, -0.2) is 5.26 Å². The minimum Gasteiger partial charge on any atom is -0.505 e. The molecule has 0 aliphatic rings. The second kappa shape index (κ2) is 16.3. The number of anilines is 6. The quantitative estimate of drug-likeness (QED) is 0.0195. The summed E-state index contributed by atoms with van der Waals surface area (Å²) in [6.07, 6.45) is 0. The van der Waals surface area contributed by atoms with Crippen molar-refractivity contribution in [3.8, 4) is 5.75 Å². The lowest BCUT2D eigenvalue weighted by Crippen LogP contribution is -2.05. The van der Waals surface area contributed by atoms with Gasteiger partial charge in [-0.2, -0.15) is 46.7 Å². The summed E-state index contributed by atoms with van der Waals surface area (Å²) in [5, 5.41) is 40.2. The molecule has 21 nitrogen and oxygen atoms in total. The zero-order valence-electron chi connectivity index (χ0n) is 26.5. The number of aromatic hydroxyl groups is 1. The van der Waals surface area contributed by atoms with Gasteiger partial charge in [0.05, 0.1) is 21.8 Å². The molecule has 284 valence electrons.